The second kappa shape index (κ2) is 5.64. The molecule has 2 rings (SSSR count). The van der Waals surface area contributed by atoms with Crippen molar-refractivity contribution in [1.82, 2.24) is 15.3 Å². The van der Waals surface area contributed by atoms with Crippen LogP contribution >= 0.6 is 0 Å². The Kier molecular flexibility index (Phi) is 3.94. The second-order valence-corrected chi connectivity index (χ2v) is 4.53. The molecule has 2 heterocycles. The molecule has 0 aliphatic carbocycles. The van der Waals surface area contributed by atoms with Crippen molar-refractivity contribution < 1.29 is 14.3 Å². The fourth-order valence-electron chi connectivity index (χ4n) is 1.71. The van der Waals surface area contributed by atoms with E-state index < -0.39 is 6.04 Å². The predicted octanol–water partition coefficient (Wildman–Crippen LogP) is 0.481. The molecular weight excluding hydrogens is 248 g/mol. The third-order valence-corrected chi connectivity index (χ3v) is 2.53. The number of amides is 2. The molecule has 0 bridgehead atoms. The van der Waals surface area contributed by atoms with Crippen LogP contribution < -0.4 is 15.4 Å². The van der Waals surface area contributed by atoms with Gasteiger partial charge in [0.15, 0.2) is 0 Å². The molecule has 1 aliphatic rings. The van der Waals surface area contributed by atoms with Gasteiger partial charge in [0.25, 0.3) is 0 Å². The monoisotopic (exact) mass is 264 g/mol. The summed E-state index contributed by atoms with van der Waals surface area (Å²) in [6.45, 7) is 3.80. The fraction of sp³-hybridized carbons (Fsp3) is 0.500. The number of nitrogens with zero attached hydrogens (tertiary/aromatic N) is 2. The van der Waals surface area contributed by atoms with Crippen LogP contribution in [0.2, 0.25) is 0 Å². The second-order valence-electron chi connectivity index (χ2n) is 4.53. The number of hydrogen-bond acceptors (Lipinski definition) is 6. The van der Waals surface area contributed by atoms with E-state index in [-0.39, 0.29) is 17.9 Å². The lowest BCUT2D eigenvalue weighted by molar-refractivity contribution is -0.133. The summed E-state index contributed by atoms with van der Waals surface area (Å²) in [6, 6.07) is 1.15. The number of carbonyl (C=O) groups is 2. The molecule has 7 heteroatoms. The summed E-state index contributed by atoms with van der Waals surface area (Å²) in [5.41, 5.74) is 0. The van der Waals surface area contributed by atoms with Gasteiger partial charge in [-0.15, -0.1) is 0 Å². The lowest BCUT2D eigenvalue weighted by Gasteiger charge is -2.21. The first-order valence-electron chi connectivity index (χ1n) is 6.14. The van der Waals surface area contributed by atoms with Crippen molar-refractivity contribution >= 4 is 17.8 Å². The molecule has 0 radical (unpaired) electrons. The average Bonchev–Trinajstić information content (AvgIpc) is 2.32. The van der Waals surface area contributed by atoms with Crippen molar-refractivity contribution in [2.24, 2.45) is 0 Å². The summed E-state index contributed by atoms with van der Waals surface area (Å²) < 4.78 is 5.44. The van der Waals surface area contributed by atoms with E-state index in [0.717, 1.165) is 0 Å². The van der Waals surface area contributed by atoms with E-state index >= 15 is 0 Å². The van der Waals surface area contributed by atoms with Gasteiger partial charge >= 0.3 is 0 Å². The zero-order valence-corrected chi connectivity index (χ0v) is 10.8. The number of imide groups is 1. The van der Waals surface area contributed by atoms with Crippen molar-refractivity contribution in [2.75, 3.05) is 5.32 Å². The van der Waals surface area contributed by atoms with Gasteiger partial charge in [0.2, 0.25) is 23.6 Å². The van der Waals surface area contributed by atoms with Crippen molar-refractivity contribution in [3.63, 3.8) is 0 Å². The first kappa shape index (κ1) is 13.3. The van der Waals surface area contributed by atoms with Gasteiger partial charge in [0.1, 0.15) is 6.04 Å². The summed E-state index contributed by atoms with van der Waals surface area (Å²) >= 11 is 0. The van der Waals surface area contributed by atoms with Crippen LogP contribution in [0.1, 0.15) is 26.7 Å². The summed E-state index contributed by atoms with van der Waals surface area (Å²) in [6.07, 6.45) is 2.31. The molecule has 0 saturated carbocycles. The SMILES string of the molecule is CC(C)Oc1ccnc(NC2CCC(=O)NC2=O)n1. The Hall–Kier alpha value is -2.18. The lowest BCUT2D eigenvalue weighted by Crippen LogP contribution is -2.47. The van der Waals surface area contributed by atoms with E-state index in [1.165, 1.54) is 0 Å². The normalized spacial score (nSPS) is 19.2. The van der Waals surface area contributed by atoms with Crippen LogP contribution in [0.25, 0.3) is 0 Å². The Morgan fingerprint density at radius 3 is 2.95 bits per heavy atom. The average molecular weight is 264 g/mol. The molecule has 2 N–H and O–H groups in total. The van der Waals surface area contributed by atoms with Crippen molar-refractivity contribution in [3.05, 3.63) is 12.3 Å². The first-order valence-corrected chi connectivity index (χ1v) is 6.14. The molecular formula is C12H16N4O3. The molecule has 1 saturated heterocycles. The quantitative estimate of drug-likeness (QED) is 0.768. The summed E-state index contributed by atoms with van der Waals surface area (Å²) in [5, 5.41) is 5.17. The lowest BCUT2D eigenvalue weighted by atomic mass is 10.1. The molecule has 2 amide bonds. The molecule has 1 fully saturated rings. The number of aromatic nitrogens is 2. The van der Waals surface area contributed by atoms with Gasteiger partial charge in [0, 0.05) is 18.7 Å². The van der Waals surface area contributed by atoms with Crippen LogP contribution in [0, 0.1) is 0 Å². The molecule has 1 aliphatic heterocycles. The molecule has 1 aromatic heterocycles. The van der Waals surface area contributed by atoms with Crippen molar-refractivity contribution in [3.8, 4) is 5.88 Å². The van der Waals surface area contributed by atoms with E-state index in [0.29, 0.717) is 24.7 Å². The van der Waals surface area contributed by atoms with E-state index in [2.05, 4.69) is 20.6 Å². The number of ether oxygens (including phenoxy) is 1. The van der Waals surface area contributed by atoms with Gasteiger partial charge in [-0.2, -0.15) is 4.98 Å². The van der Waals surface area contributed by atoms with Gasteiger partial charge in [-0.3, -0.25) is 14.9 Å². The van der Waals surface area contributed by atoms with Crippen LogP contribution in [0.15, 0.2) is 12.3 Å². The zero-order chi connectivity index (χ0) is 13.8. The number of piperidine rings is 1. The largest absolute Gasteiger partial charge is 0.475 e. The molecule has 1 aromatic rings. The smallest absolute Gasteiger partial charge is 0.249 e. The van der Waals surface area contributed by atoms with Gasteiger partial charge in [-0.1, -0.05) is 0 Å². The molecule has 0 spiro atoms. The Morgan fingerprint density at radius 2 is 2.26 bits per heavy atom. The van der Waals surface area contributed by atoms with Gasteiger partial charge in [-0.05, 0) is 20.3 Å². The number of hydrogen-bond donors (Lipinski definition) is 2. The van der Waals surface area contributed by atoms with Crippen molar-refractivity contribution in [1.29, 1.82) is 0 Å². The maximum absolute atomic E-state index is 11.6. The van der Waals surface area contributed by atoms with Gasteiger partial charge < -0.3 is 10.1 Å². The Morgan fingerprint density at radius 1 is 1.47 bits per heavy atom. The number of carbonyl (C=O) groups excluding carboxylic acids is 2. The number of nitrogens with one attached hydrogen (secondary N) is 2. The van der Waals surface area contributed by atoms with Crippen LogP contribution in [0.5, 0.6) is 5.88 Å². The van der Waals surface area contributed by atoms with Crippen LogP contribution in [-0.2, 0) is 9.59 Å². The zero-order valence-electron chi connectivity index (χ0n) is 10.8. The fourth-order valence-corrected chi connectivity index (χ4v) is 1.71. The summed E-state index contributed by atoms with van der Waals surface area (Å²) in [4.78, 5) is 30.8. The molecule has 1 atom stereocenters. The molecule has 7 nitrogen and oxygen atoms in total. The minimum absolute atomic E-state index is 0.0124. The van der Waals surface area contributed by atoms with E-state index in [1.807, 2.05) is 13.8 Å². The van der Waals surface area contributed by atoms with E-state index in [9.17, 15) is 9.59 Å². The Bertz CT molecular complexity index is 490. The highest BCUT2D eigenvalue weighted by Gasteiger charge is 2.26. The van der Waals surface area contributed by atoms with Crippen LogP contribution in [0.3, 0.4) is 0 Å². The molecule has 0 aromatic carbocycles. The van der Waals surface area contributed by atoms with E-state index in [1.54, 1.807) is 12.3 Å². The highest BCUT2D eigenvalue weighted by molar-refractivity contribution is 6.01. The third-order valence-electron chi connectivity index (χ3n) is 2.53. The maximum Gasteiger partial charge on any atom is 0.249 e. The van der Waals surface area contributed by atoms with Crippen molar-refractivity contribution in [2.45, 2.75) is 38.8 Å². The van der Waals surface area contributed by atoms with Gasteiger partial charge in [-0.25, -0.2) is 4.98 Å². The maximum atomic E-state index is 11.6. The Labute approximate surface area is 110 Å². The summed E-state index contributed by atoms with van der Waals surface area (Å²) in [5.74, 6) is 0.156. The molecule has 19 heavy (non-hydrogen) atoms. The minimum Gasteiger partial charge on any atom is -0.475 e. The third kappa shape index (κ3) is 3.64. The Balaban J connectivity index is 2.02. The molecule has 102 valence electrons. The molecule has 1 unspecified atom stereocenters. The van der Waals surface area contributed by atoms with Crippen LogP contribution in [-0.4, -0.2) is 33.9 Å². The topological polar surface area (TPSA) is 93.2 Å². The predicted molar refractivity (Wildman–Crippen MR) is 67.6 cm³/mol. The highest BCUT2D eigenvalue weighted by Crippen LogP contribution is 2.13. The summed E-state index contributed by atoms with van der Waals surface area (Å²) in [7, 11) is 0. The standard InChI is InChI=1S/C12H16N4O3/c1-7(2)19-10-5-6-13-12(16-10)14-8-3-4-9(17)15-11(8)18/h5-8H,3-4H2,1-2H3,(H,13,14,16)(H,15,17,18). The van der Waals surface area contributed by atoms with Gasteiger partial charge in [0.05, 0.1) is 6.10 Å². The number of rotatable bonds is 4. The van der Waals surface area contributed by atoms with E-state index in [4.69, 9.17) is 4.74 Å². The minimum atomic E-state index is -0.494. The highest BCUT2D eigenvalue weighted by atomic mass is 16.5. The first-order chi connectivity index (χ1) is 9.04. The number of anilines is 1. The van der Waals surface area contributed by atoms with Crippen LogP contribution in [0.4, 0.5) is 5.95 Å².